The van der Waals surface area contributed by atoms with Gasteiger partial charge in [0.15, 0.2) is 11.5 Å². The van der Waals surface area contributed by atoms with Gasteiger partial charge in [-0.05, 0) is 11.4 Å². The van der Waals surface area contributed by atoms with Gasteiger partial charge in [-0.3, -0.25) is 0 Å². The van der Waals surface area contributed by atoms with Gasteiger partial charge < -0.3 is 10.3 Å². The summed E-state index contributed by atoms with van der Waals surface area (Å²) in [6.45, 7) is 0.767. The van der Waals surface area contributed by atoms with Crippen LogP contribution >= 0.6 is 11.3 Å². The molecule has 6 heteroatoms. The quantitative estimate of drug-likeness (QED) is 0.723. The third-order valence-corrected chi connectivity index (χ3v) is 3.11. The first-order chi connectivity index (χ1) is 7.93. The molecule has 5 nitrogen and oxygen atoms in total. The number of thiophene rings is 1. The summed E-state index contributed by atoms with van der Waals surface area (Å²) in [6, 6.07) is 4.12. The molecule has 0 aromatic carbocycles. The number of anilines is 1. The summed E-state index contributed by atoms with van der Waals surface area (Å²) < 4.78 is 0. The second-order valence-corrected chi connectivity index (χ2v) is 4.29. The van der Waals surface area contributed by atoms with Crippen molar-refractivity contribution in [2.75, 3.05) is 5.32 Å². The topological polar surface area (TPSA) is 66.5 Å². The van der Waals surface area contributed by atoms with E-state index in [1.54, 1.807) is 17.7 Å². The van der Waals surface area contributed by atoms with E-state index in [0.29, 0.717) is 5.65 Å². The minimum Gasteiger partial charge on any atom is -0.363 e. The summed E-state index contributed by atoms with van der Waals surface area (Å²) in [5, 5.41) is 5.32. The van der Waals surface area contributed by atoms with Crippen LogP contribution in [0, 0.1) is 0 Å². The number of nitrogens with one attached hydrogen (secondary N) is 2. The number of hydrogen-bond donors (Lipinski definition) is 2. The van der Waals surface area contributed by atoms with Crippen molar-refractivity contribution in [3.63, 3.8) is 0 Å². The fraction of sp³-hybridized carbons (Fsp3) is 0.100. The summed E-state index contributed by atoms with van der Waals surface area (Å²) in [7, 11) is 0. The van der Waals surface area contributed by atoms with Gasteiger partial charge in [-0.2, -0.15) is 0 Å². The molecule has 3 heterocycles. The zero-order chi connectivity index (χ0) is 10.8. The molecule has 0 atom stereocenters. The van der Waals surface area contributed by atoms with E-state index in [-0.39, 0.29) is 0 Å². The highest BCUT2D eigenvalue weighted by atomic mass is 32.1. The second-order valence-electron chi connectivity index (χ2n) is 3.26. The number of hydrogen-bond acceptors (Lipinski definition) is 5. The summed E-state index contributed by atoms with van der Waals surface area (Å²) in [6.07, 6.45) is 3.13. The monoisotopic (exact) mass is 231 g/mol. The lowest BCUT2D eigenvalue weighted by Gasteiger charge is -2.03. The highest BCUT2D eigenvalue weighted by Gasteiger charge is 2.04. The van der Waals surface area contributed by atoms with Crippen LogP contribution in [-0.2, 0) is 6.54 Å². The smallest absolute Gasteiger partial charge is 0.182 e. The predicted octanol–water partition coefficient (Wildman–Crippen LogP) is 2.03. The molecule has 0 amide bonds. The number of aromatic nitrogens is 4. The van der Waals surface area contributed by atoms with Crippen LogP contribution in [0.4, 0.5) is 5.82 Å². The Morgan fingerprint density at radius 2 is 2.31 bits per heavy atom. The Hall–Kier alpha value is -1.95. The molecule has 80 valence electrons. The van der Waals surface area contributed by atoms with Gasteiger partial charge in [0, 0.05) is 4.88 Å². The first-order valence-electron chi connectivity index (χ1n) is 4.84. The molecule has 2 N–H and O–H groups in total. The van der Waals surface area contributed by atoms with E-state index < -0.39 is 0 Å². The Kier molecular flexibility index (Phi) is 2.26. The zero-order valence-electron chi connectivity index (χ0n) is 8.34. The van der Waals surface area contributed by atoms with Crippen molar-refractivity contribution < 1.29 is 0 Å². The number of nitrogens with zero attached hydrogens (tertiary/aromatic N) is 3. The maximum atomic E-state index is 4.19. The van der Waals surface area contributed by atoms with Crippen molar-refractivity contribution in [3.05, 3.63) is 35.0 Å². The van der Waals surface area contributed by atoms with Crippen molar-refractivity contribution in [1.29, 1.82) is 0 Å². The molecule has 0 aliphatic carbocycles. The number of rotatable bonds is 3. The van der Waals surface area contributed by atoms with E-state index in [2.05, 4.69) is 36.7 Å². The minimum atomic E-state index is 0.684. The van der Waals surface area contributed by atoms with Gasteiger partial charge in [0.25, 0.3) is 0 Å². The summed E-state index contributed by atoms with van der Waals surface area (Å²) >= 11 is 1.72. The molecule has 0 aliphatic rings. The molecular weight excluding hydrogens is 222 g/mol. The van der Waals surface area contributed by atoms with E-state index in [4.69, 9.17) is 0 Å². The average molecular weight is 231 g/mol. The first-order valence-corrected chi connectivity index (χ1v) is 5.72. The fourth-order valence-electron chi connectivity index (χ4n) is 1.48. The van der Waals surface area contributed by atoms with Crippen molar-refractivity contribution in [2.45, 2.75) is 6.54 Å². The zero-order valence-corrected chi connectivity index (χ0v) is 9.16. The molecule has 3 aromatic heterocycles. The normalized spacial score (nSPS) is 10.8. The SMILES string of the molecule is c1csc(CNc2ncnc3nc[nH]c23)c1. The third kappa shape index (κ3) is 1.63. The average Bonchev–Trinajstić information content (AvgIpc) is 2.97. The fourth-order valence-corrected chi connectivity index (χ4v) is 2.13. The van der Waals surface area contributed by atoms with E-state index >= 15 is 0 Å². The van der Waals surface area contributed by atoms with Gasteiger partial charge in [-0.15, -0.1) is 11.3 Å². The molecule has 0 spiro atoms. The Morgan fingerprint density at radius 3 is 3.19 bits per heavy atom. The molecule has 3 rings (SSSR count). The molecule has 0 bridgehead atoms. The van der Waals surface area contributed by atoms with Gasteiger partial charge in [-0.1, -0.05) is 6.07 Å². The van der Waals surface area contributed by atoms with Crippen LogP contribution in [-0.4, -0.2) is 19.9 Å². The Bertz CT molecular complexity index is 586. The lowest BCUT2D eigenvalue weighted by molar-refractivity contribution is 1.12. The Morgan fingerprint density at radius 1 is 1.31 bits per heavy atom. The van der Waals surface area contributed by atoms with Crippen LogP contribution < -0.4 is 5.32 Å². The van der Waals surface area contributed by atoms with Gasteiger partial charge in [0.1, 0.15) is 11.8 Å². The third-order valence-electron chi connectivity index (χ3n) is 2.23. The molecule has 0 fully saturated rings. The molecule has 0 saturated heterocycles. The van der Waals surface area contributed by atoms with Crippen LogP contribution in [0.25, 0.3) is 11.2 Å². The second kappa shape index (κ2) is 3.90. The number of H-pyrrole nitrogens is 1. The van der Waals surface area contributed by atoms with Gasteiger partial charge in [-0.25, -0.2) is 15.0 Å². The van der Waals surface area contributed by atoms with Crippen LogP contribution in [0.5, 0.6) is 0 Å². The molecule has 0 unspecified atom stereocenters. The van der Waals surface area contributed by atoms with Crippen LogP contribution in [0.2, 0.25) is 0 Å². The standard InChI is InChI=1S/C10H9N5S/c1-2-7(16-3-1)4-11-9-8-10(13-5-12-8)15-6-14-9/h1-3,5-6H,4H2,(H2,11,12,13,14,15). The van der Waals surface area contributed by atoms with Crippen molar-refractivity contribution >= 4 is 28.3 Å². The lowest BCUT2D eigenvalue weighted by atomic mass is 10.4. The summed E-state index contributed by atoms with van der Waals surface area (Å²) in [4.78, 5) is 16.6. The first kappa shape index (κ1) is 9.29. The molecule has 3 aromatic rings. The highest BCUT2D eigenvalue weighted by molar-refractivity contribution is 7.09. The maximum Gasteiger partial charge on any atom is 0.182 e. The van der Waals surface area contributed by atoms with E-state index in [9.17, 15) is 0 Å². The van der Waals surface area contributed by atoms with Crippen LogP contribution in [0.15, 0.2) is 30.2 Å². The van der Waals surface area contributed by atoms with Crippen molar-refractivity contribution in [2.24, 2.45) is 0 Å². The summed E-state index contributed by atoms with van der Waals surface area (Å²) in [5.74, 6) is 0.788. The van der Waals surface area contributed by atoms with Gasteiger partial charge >= 0.3 is 0 Å². The van der Waals surface area contributed by atoms with Gasteiger partial charge in [0.05, 0.1) is 12.9 Å². The van der Waals surface area contributed by atoms with Crippen molar-refractivity contribution in [3.8, 4) is 0 Å². The maximum absolute atomic E-state index is 4.19. The van der Waals surface area contributed by atoms with Crippen LogP contribution in [0.3, 0.4) is 0 Å². The van der Waals surface area contributed by atoms with E-state index in [1.807, 2.05) is 6.07 Å². The minimum absolute atomic E-state index is 0.684. The Labute approximate surface area is 95.6 Å². The lowest BCUT2D eigenvalue weighted by Crippen LogP contribution is -2.00. The number of aromatic amines is 1. The molecule has 16 heavy (non-hydrogen) atoms. The Balaban J connectivity index is 1.86. The number of imidazole rings is 1. The molecular formula is C10H9N5S. The largest absolute Gasteiger partial charge is 0.363 e. The molecule has 0 saturated carbocycles. The van der Waals surface area contributed by atoms with Gasteiger partial charge in [0.2, 0.25) is 0 Å². The number of fused-ring (bicyclic) bond motifs is 1. The molecule has 0 aliphatic heterocycles. The highest BCUT2D eigenvalue weighted by Crippen LogP contribution is 2.16. The molecule has 0 radical (unpaired) electrons. The van der Waals surface area contributed by atoms with Crippen LogP contribution in [0.1, 0.15) is 4.88 Å². The summed E-state index contributed by atoms with van der Waals surface area (Å²) in [5.41, 5.74) is 1.53. The van der Waals surface area contributed by atoms with E-state index in [0.717, 1.165) is 17.9 Å². The van der Waals surface area contributed by atoms with Crippen molar-refractivity contribution in [1.82, 2.24) is 19.9 Å². The van der Waals surface area contributed by atoms with E-state index in [1.165, 1.54) is 11.2 Å². The predicted molar refractivity (Wildman–Crippen MR) is 63.3 cm³/mol.